The molecule has 0 bridgehead atoms. The van der Waals surface area contributed by atoms with Gasteiger partial charge < -0.3 is 0 Å². The molecular formula is C41H27N4+. The fourth-order valence-electron chi connectivity index (χ4n) is 5.79. The van der Waals surface area contributed by atoms with Crippen LogP contribution < -0.4 is 4.67 Å². The van der Waals surface area contributed by atoms with Gasteiger partial charge in [0.15, 0.2) is 17.5 Å². The third-order valence-corrected chi connectivity index (χ3v) is 8.05. The standard InChI is InChI=1S/C41H27N4/c1-4-13-30(14-5-1)36-26-27-37(42-36)31-22-20-29(21-23-31)35-25-24-28-12-10-11-19-34(28)38(35)41-44-39(32-15-6-2-7-16-32)43-40(45-41)33-17-8-3-9-18-33/h1-27H/q+1. The van der Waals surface area contributed by atoms with E-state index in [2.05, 4.69) is 84.9 Å². The first-order valence-corrected chi connectivity index (χ1v) is 15.0. The van der Waals surface area contributed by atoms with Crippen LogP contribution in [0.1, 0.15) is 11.1 Å². The number of benzene rings is 6. The lowest BCUT2D eigenvalue weighted by atomic mass is 9.92. The third kappa shape index (κ3) is 5.16. The molecule has 0 unspecified atom stereocenters. The minimum atomic E-state index is 0.642. The highest BCUT2D eigenvalue weighted by Crippen LogP contribution is 2.38. The van der Waals surface area contributed by atoms with Crippen LogP contribution in [0.25, 0.3) is 56.1 Å². The smallest absolute Gasteiger partial charge is 0.208 e. The number of rotatable bonds is 6. The first-order chi connectivity index (χ1) is 22.3. The lowest BCUT2D eigenvalue weighted by molar-refractivity contribution is 1.08. The van der Waals surface area contributed by atoms with Crippen molar-refractivity contribution in [2.45, 2.75) is 0 Å². The summed E-state index contributed by atoms with van der Waals surface area (Å²) in [6, 6.07) is 51.9. The van der Waals surface area contributed by atoms with E-state index in [1.807, 2.05) is 78.9 Å². The zero-order chi connectivity index (χ0) is 30.0. The zero-order valence-corrected chi connectivity index (χ0v) is 24.4. The quantitative estimate of drug-likeness (QED) is 0.187. The van der Waals surface area contributed by atoms with Gasteiger partial charge in [-0.2, -0.15) is 0 Å². The van der Waals surface area contributed by atoms with Crippen molar-refractivity contribution in [1.82, 2.24) is 19.6 Å². The molecule has 0 atom stereocenters. The van der Waals surface area contributed by atoms with Gasteiger partial charge in [0.2, 0.25) is 0 Å². The number of fused-ring (bicyclic) bond motifs is 1. The minimum Gasteiger partial charge on any atom is -0.208 e. The summed E-state index contributed by atoms with van der Waals surface area (Å²) in [7, 11) is 0. The van der Waals surface area contributed by atoms with Crippen LogP contribution in [-0.4, -0.2) is 26.4 Å². The topological polar surface area (TPSA) is 52.8 Å². The summed E-state index contributed by atoms with van der Waals surface area (Å²) in [6.07, 6.45) is 4.16. The molecule has 0 saturated carbocycles. The van der Waals surface area contributed by atoms with E-state index in [1.54, 1.807) is 0 Å². The van der Waals surface area contributed by atoms with E-state index < -0.39 is 0 Å². The van der Waals surface area contributed by atoms with Crippen LogP contribution in [0.4, 0.5) is 0 Å². The molecule has 0 amide bonds. The Balaban J connectivity index is 1.29. The lowest BCUT2D eigenvalue weighted by Crippen LogP contribution is -2.02. The van der Waals surface area contributed by atoms with E-state index in [0.717, 1.165) is 61.1 Å². The van der Waals surface area contributed by atoms with Crippen LogP contribution in [0.3, 0.4) is 0 Å². The van der Waals surface area contributed by atoms with Crippen LogP contribution in [0.15, 0.2) is 164 Å². The predicted octanol–water partition coefficient (Wildman–Crippen LogP) is 8.61. The van der Waals surface area contributed by atoms with Gasteiger partial charge in [-0.1, -0.05) is 132 Å². The maximum atomic E-state index is 5.10. The average molecular weight is 576 g/mol. The highest BCUT2D eigenvalue weighted by atomic mass is 15.0. The molecule has 45 heavy (non-hydrogen) atoms. The second-order valence-electron chi connectivity index (χ2n) is 10.9. The molecule has 6 aromatic carbocycles. The van der Waals surface area contributed by atoms with E-state index in [-0.39, 0.29) is 0 Å². The van der Waals surface area contributed by atoms with Crippen LogP contribution in [0, 0.1) is 0 Å². The molecule has 0 aliphatic carbocycles. The SMILES string of the molecule is C1=CC(c2ccc(-c3ccc4ccccc4c3-c3nc(-c4ccccc4)nc(-c4ccccc4)n3)cc2)=[N+]=C1c1ccccc1. The molecule has 210 valence electrons. The Morgan fingerprint density at radius 3 is 1.42 bits per heavy atom. The number of hydrogen-bond acceptors (Lipinski definition) is 3. The Morgan fingerprint density at radius 1 is 0.356 bits per heavy atom. The Kier molecular flexibility index (Phi) is 6.73. The molecule has 1 aliphatic heterocycles. The van der Waals surface area contributed by atoms with Gasteiger partial charge in [-0.05, 0) is 46.2 Å². The second-order valence-corrected chi connectivity index (χ2v) is 10.9. The van der Waals surface area contributed by atoms with E-state index in [9.17, 15) is 0 Å². The van der Waals surface area contributed by atoms with Crippen LogP contribution >= 0.6 is 0 Å². The largest absolute Gasteiger partial charge is 0.335 e. The maximum Gasteiger partial charge on any atom is 0.335 e. The molecular weight excluding hydrogens is 548 g/mol. The van der Waals surface area contributed by atoms with Crippen molar-refractivity contribution in [1.29, 1.82) is 0 Å². The normalized spacial score (nSPS) is 12.3. The second kappa shape index (κ2) is 11.5. The summed E-state index contributed by atoms with van der Waals surface area (Å²) >= 11 is 0. The van der Waals surface area contributed by atoms with E-state index in [4.69, 9.17) is 19.6 Å². The van der Waals surface area contributed by atoms with Crippen molar-refractivity contribution >= 4 is 22.2 Å². The van der Waals surface area contributed by atoms with Gasteiger partial charge in [-0.25, -0.2) is 15.0 Å². The Morgan fingerprint density at radius 2 is 0.822 bits per heavy atom. The van der Waals surface area contributed by atoms with Gasteiger partial charge in [-0.3, -0.25) is 0 Å². The van der Waals surface area contributed by atoms with Crippen molar-refractivity contribution < 1.29 is 0 Å². The van der Waals surface area contributed by atoms with Crippen LogP contribution in [0.2, 0.25) is 0 Å². The van der Waals surface area contributed by atoms with E-state index in [0.29, 0.717) is 17.5 Å². The number of hydrogen-bond donors (Lipinski definition) is 0. The first kappa shape index (κ1) is 26.4. The molecule has 0 N–H and O–H groups in total. The van der Waals surface area contributed by atoms with E-state index >= 15 is 0 Å². The molecule has 0 saturated heterocycles. The summed E-state index contributed by atoms with van der Waals surface area (Å²) in [5.41, 5.74) is 9.13. The average Bonchev–Trinajstić information content (AvgIpc) is 3.63. The van der Waals surface area contributed by atoms with Crippen LogP contribution in [-0.2, 0) is 0 Å². The Labute approximate surface area is 261 Å². The molecule has 0 radical (unpaired) electrons. The summed E-state index contributed by atoms with van der Waals surface area (Å²) in [4.78, 5) is 15.1. The first-order valence-electron chi connectivity index (χ1n) is 15.0. The molecule has 7 aromatic rings. The van der Waals surface area contributed by atoms with Crippen molar-refractivity contribution in [3.05, 3.63) is 175 Å². The molecule has 0 fully saturated rings. The van der Waals surface area contributed by atoms with Crippen molar-refractivity contribution in [3.8, 4) is 45.3 Å². The molecule has 1 aromatic heterocycles. The Bertz CT molecular complexity index is 2210. The zero-order valence-electron chi connectivity index (χ0n) is 24.4. The Hall–Kier alpha value is -6.22. The molecule has 0 spiro atoms. The van der Waals surface area contributed by atoms with Gasteiger partial charge in [0.05, 0.1) is 11.1 Å². The lowest BCUT2D eigenvalue weighted by Gasteiger charge is -2.15. The monoisotopic (exact) mass is 575 g/mol. The van der Waals surface area contributed by atoms with Gasteiger partial charge in [0.1, 0.15) is 0 Å². The van der Waals surface area contributed by atoms with Gasteiger partial charge >= 0.3 is 11.4 Å². The predicted molar refractivity (Wildman–Crippen MR) is 185 cm³/mol. The fourth-order valence-corrected chi connectivity index (χ4v) is 5.79. The molecule has 4 nitrogen and oxygen atoms in total. The summed E-state index contributed by atoms with van der Waals surface area (Å²) in [5.74, 6) is 1.93. The van der Waals surface area contributed by atoms with E-state index in [1.165, 1.54) is 0 Å². The summed E-state index contributed by atoms with van der Waals surface area (Å²) in [6.45, 7) is 0. The summed E-state index contributed by atoms with van der Waals surface area (Å²) in [5, 5.41) is 2.22. The third-order valence-electron chi connectivity index (χ3n) is 8.05. The number of nitrogens with zero attached hydrogens (tertiary/aromatic N) is 4. The van der Waals surface area contributed by atoms with Gasteiger partial charge in [0.25, 0.3) is 0 Å². The van der Waals surface area contributed by atoms with Crippen LogP contribution in [0.5, 0.6) is 0 Å². The van der Waals surface area contributed by atoms with Crippen molar-refractivity contribution in [3.63, 3.8) is 0 Å². The van der Waals surface area contributed by atoms with Gasteiger partial charge in [0, 0.05) is 28.8 Å². The van der Waals surface area contributed by atoms with Crippen molar-refractivity contribution in [2.24, 2.45) is 0 Å². The number of aromatic nitrogens is 3. The number of allylic oxidation sites excluding steroid dienone is 2. The molecule has 2 heterocycles. The maximum absolute atomic E-state index is 5.10. The fraction of sp³-hybridized carbons (Fsp3) is 0. The highest BCUT2D eigenvalue weighted by Gasteiger charge is 2.22. The van der Waals surface area contributed by atoms with Gasteiger partial charge in [-0.15, -0.1) is 0 Å². The molecule has 4 heteroatoms. The minimum absolute atomic E-state index is 0.642. The molecule has 8 rings (SSSR count). The highest BCUT2D eigenvalue weighted by molar-refractivity contribution is 6.22. The molecule has 1 aliphatic rings. The van der Waals surface area contributed by atoms with Crippen molar-refractivity contribution in [2.75, 3.05) is 0 Å². The summed E-state index contributed by atoms with van der Waals surface area (Å²) < 4.78 is 4.91.